The number of aliphatic imine (C=N–C) groups is 1. The Morgan fingerprint density at radius 3 is 2.27 bits per heavy atom. The summed E-state index contributed by atoms with van der Waals surface area (Å²) in [6.45, 7) is 11.1. The summed E-state index contributed by atoms with van der Waals surface area (Å²) >= 11 is 1.78. The monoisotopic (exact) mass is 548 g/mol. The topological polar surface area (TPSA) is 64.1 Å². The third kappa shape index (κ3) is 7.33. The zero-order chi connectivity index (χ0) is 20.6. The molecule has 0 spiro atoms. The first-order valence-electron chi connectivity index (χ1n) is 11.0. The lowest BCUT2D eigenvalue weighted by Crippen LogP contribution is -2.54. The molecule has 0 atom stereocenters. The van der Waals surface area contributed by atoms with E-state index in [1.54, 1.807) is 11.3 Å². The standard InChI is InChI=1S/C21H36N6OS.HI/c1-17-19(29-18(2)24-17)8-9-23-21(22-3)27-14-12-25(13-15-27)16-20(28)26-10-6-4-5-7-11-26;/h4-16H2,1-3H3,(H,22,23);1H. The van der Waals surface area contributed by atoms with Crippen LogP contribution >= 0.6 is 35.3 Å². The molecule has 170 valence electrons. The van der Waals surface area contributed by atoms with Crippen molar-refractivity contribution in [3.8, 4) is 0 Å². The minimum Gasteiger partial charge on any atom is -0.356 e. The molecule has 2 aliphatic rings. The number of thiazole rings is 1. The predicted molar refractivity (Wildman–Crippen MR) is 135 cm³/mol. The Bertz CT molecular complexity index is 694. The number of likely N-dealkylation sites (tertiary alicyclic amines) is 1. The van der Waals surface area contributed by atoms with Gasteiger partial charge in [-0.3, -0.25) is 14.7 Å². The van der Waals surface area contributed by atoms with E-state index >= 15 is 0 Å². The highest BCUT2D eigenvalue weighted by Gasteiger charge is 2.23. The van der Waals surface area contributed by atoms with Gasteiger partial charge in [-0.2, -0.15) is 0 Å². The lowest BCUT2D eigenvalue weighted by Gasteiger charge is -2.37. The lowest BCUT2D eigenvalue weighted by atomic mass is 10.2. The van der Waals surface area contributed by atoms with E-state index in [1.165, 1.54) is 17.7 Å². The highest BCUT2D eigenvalue weighted by molar-refractivity contribution is 14.0. The number of hydrogen-bond acceptors (Lipinski definition) is 5. The Balaban J connectivity index is 0.00000320. The number of rotatable bonds is 5. The van der Waals surface area contributed by atoms with Crippen LogP contribution in [0.2, 0.25) is 0 Å². The summed E-state index contributed by atoms with van der Waals surface area (Å²) in [7, 11) is 1.85. The van der Waals surface area contributed by atoms with Gasteiger partial charge in [0.2, 0.25) is 5.91 Å². The number of amides is 1. The summed E-state index contributed by atoms with van der Waals surface area (Å²) in [4.78, 5) is 29.6. The molecule has 0 saturated carbocycles. The maximum atomic E-state index is 12.6. The Morgan fingerprint density at radius 2 is 1.70 bits per heavy atom. The predicted octanol–water partition coefficient (Wildman–Crippen LogP) is 2.52. The highest BCUT2D eigenvalue weighted by Crippen LogP contribution is 2.17. The quantitative estimate of drug-likeness (QED) is 0.348. The molecule has 1 amide bonds. The van der Waals surface area contributed by atoms with Gasteiger partial charge in [0.15, 0.2) is 5.96 Å². The molecule has 0 bridgehead atoms. The largest absolute Gasteiger partial charge is 0.356 e. The maximum Gasteiger partial charge on any atom is 0.236 e. The molecule has 3 heterocycles. The van der Waals surface area contributed by atoms with Gasteiger partial charge in [-0.15, -0.1) is 35.3 Å². The second-order valence-corrected chi connectivity index (χ2v) is 9.31. The second kappa shape index (κ2) is 12.8. The minimum atomic E-state index is 0. The fraction of sp³-hybridized carbons (Fsp3) is 0.762. The smallest absolute Gasteiger partial charge is 0.236 e. The summed E-state index contributed by atoms with van der Waals surface area (Å²) in [6, 6.07) is 0. The number of guanidine groups is 1. The third-order valence-electron chi connectivity index (χ3n) is 5.84. The molecule has 2 fully saturated rings. The molecular weight excluding hydrogens is 511 g/mol. The zero-order valence-electron chi connectivity index (χ0n) is 18.7. The SMILES string of the molecule is CN=C(NCCc1sc(C)nc1C)N1CCN(CC(=O)N2CCCCCC2)CC1.I. The average Bonchev–Trinajstić information content (AvgIpc) is 2.90. The van der Waals surface area contributed by atoms with E-state index in [4.69, 9.17) is 0 Å². The zero-order valence-corrected chi connectivity index (χ0v) is 21.8. The van der Waals surface area contributed by atoms with Gasteiger partial charge < -0.3 is 15.1 Å². The van der Waals surface area contributed by atoms with Gasteiger partial charge in [-0.1, -0.05) is 12.8 Å². The minimum absolute atomic E-state index is 0. The van der Waals surface area contributed by atoms with Crippen LogP contribution in [0.4, 0.5) is 0 Å². The average molecular weight is 549 g/mol. The molecule has 0 unspecified atom stereocenters. The fourth-order valence-electron chi connectivity index (χ4n) is 4.15. The van der Waals surface area contributed by atoms with Crippen LogP contribution in [0.5, 0.6) is 0 Å². The van der Waals surface area contributed by atoms with E-state index in [1.807, 2.05) is 7.05 Å². The Labute approximate surface area is 202 Å². The summed E-state index contributed by atoms with van der Waals surface area (Å²) < 4.78 is 0. The van der Waals surface area contributed by atoms with Gasteiger partial charge in [0, 0.05) is 64.2 Å². The van der Waals surface area contributed by atoms with Crippen molar-refractivity contribution >= 4 is 47.2 Å². The number of carbonyl (C=O) groups excluding carboxylic acids is 1. The van der Waals surface area contributed by atoms with Crippen LogP contribution in [0.25, 0.3) is 0 Å². The molecule has 3 rings (SSSR count). The summed E-state index contributed by atoms with van der Waals surface area (Å²) in [5.41, 5.74) is 1.15. The van der Waals surface area contributed by atoms with Crippen molar-refractivity contribution < 1.29 is 4.79 Å². The first-order valence-corrected chi connectivity index (χ1v) is 11.8. The molecule has 2 saturated heterocycles. The molecule has 1 aromatic heterocycles. The molecule has 30 heavy (non-hydrogen) atoms. The fourth-order valence-corrected chi connectivity index (χ4v) is 5.09. The van der Waals surface area contributed by atoms with E-state index < -0.39 is 0 Å². The van der Waals surface area contributed by atoms with Crippen LogP contribution in [-0.2, 0) is 11.2 Å². The van der Waals surface area contributed by atoms with Gasteiger partial charge in [0.25, 0.3) is 0 Å². The molecular formula is C21H37IN6OS. The van der Waals surface area contributed by atoms with Crippen LogP contribution in [0, 0.1) is 13.8 Å². The summed E-state index contributed by atoms with van der Waals surface area (Å²) in [6.07, 6.45) is 5.80. The van der Waals surface area contributed by atoms with Crippen LogP contribution in [-0.4, -0.2) is 91.0 Å². The first-order chi connectivity index (χ1) is 14.1. The van der Waals surface area contributed by atoms with Crippen LogP contribution in [0.3, 0.4) is 0 Å². The number of hydrogen-bond donors (Lipinski definition) is 1. The van der Waals surface area contributed by atoms with Crippen molar-refractivity contribution in [3.63, 3.8) is 0 Å². The van der Waals surface area contributed by atoms with Gasteiger partial charge in [-0.05, 0) is 26.7 Å². The van der Waals surface area contributed by atoms with Crippen molar-refractivity contribution in [2.24, 2.45) is 4.99 Å². The first kappa shape index (κ1) is 25.3. The van der Waals surface area contributed by atoms with Gasteiger partial charge >= 0.3 is 0 Å². The van der Waals surface area contributed by atoms with Gasteiger partial charge in [-0.25, -0.2) is 4.98 Å². The summed E-state index contributed by atoms with van der Waals surface area (Å²) in [5, 5.41) is 4.63. The molecule has 0 aliphatic carbocycles. The molecule has 0 radical (unpaired) electrons. The normalized spacial score (nSPS) is 18.7. The van der Waals surface area contributed by atoms with Crippen LogP contribution in [0.1, 0.15) is 41.3 Å². The second-order valence-electron chi connectivity index (χ2n) is 8.02. The van der Waals surface area contributed by atoms with Crippen LogP contribution in [0.15, 0.2) is 4.99 Å². The van der Waals surface area contributed by atoms with Gasteiger partial charge in [0.05, 0.1) is 17.2 Å². The lowest BCUT2D eigenvalue weighted by molar-refractivity contribution is -0.132. The Morgan fingerprint density at radius 1 is 1.03 bits per heavy atom. The van der Waals surface area contributed by atoms with Crippen molar-refractivity contribution in [1.82, 2.24) is 25.0 Å². The number of nitrogens with zero attached hydrogens (tertiary/aromatic N) is 5. The van der Waals surface area contributed by atoms with Crippen molar-refractivity contribution in [2.45, 2.75) is 46.0 Å². The number of aryl methyl sites for hydroxylation is 2. The van der Waals surface area contributed by atoms with E-state index in [9.17, 15) is 4.79 Å². The molecule has 2 aliphatic heterocycles. The number of aromatic nitrogens is 1. The molecule has 0 aromatic carbocycles. The Hall–Kier alpha value is -0.940. The highest BCUT2D eigenvalue weighted by atomic mass is 127. The number of piperazine rings is 1. The Kier molecular flexibility index (Phi) is 10.8. The number of nitrogens with one attached hydrogen (secondary N) is 1. The molecule has 9 heteroatoms. The third-order valence-corrected chi connectivity index (χ3v) is 6.97. The maximum absolute atomic E-state index is 12.6. The number of halogens is 1. The van der Waals surface area contributed by atoms with Gasteiger partial charge in [0.1, 0.15) is 0 Å². The van der Waals surface area contributed by atoms with E-state index in [-0.39, 0.29) is 24.0 Å². The van der Waals surface area contributed by atoms with E-state index in [2.05, 4.69) is 43.8 Å². The summed E-state index contributed by atoms with van der Waals surface area (Å²) in [5.74, 6) is 1.26. The molecule has 1 aromatic rings. The molecule has 1 N–H and O–H groups in total. The van der Waals surface area contributed by atoms with Crippen LogP contribution < -0.4 is 5.32 Å². The number of carbonyl (C=O) groups is 1. The van der Waals surface area contributed by atoms with Crippen molar-refractivity contribution in [2.75, 3.05) is 59.4 Å². The van der Waals surface area contributed by atoms with Crippen molar-refractivity contribution in [3.05, 3.63) is 15.6 Å². The molecule has 7 nitrogen and oxygen atoms in total. The van der Waals surface area contributed by atoms with E-state index in [0.717, 1.165) is 81.7 Å². The van der Waals surface area contributed by atoms with Crippen molar-refractivity contribution in [1.29, 1.82) is 0 Å². The van der Waals surface area contributed by atoms with E-state index in [0.29, 0.717) is 12.5 Å².